The number of hydrogen-bond acceptors (Lipinski definition) is 3. The number of alkyl halides is 3. The fraction of sp³-hybridized carbons (Fsp3) is 0.615. The van der Waals surface area contributed by atoms with Gasteiger partial charge in [-0.05, 0) is 31.2 Å². The van der Waals surface area contributed by atoms with Crippen LogP contribution in [0.5, 0.6) is 5.88 Å². The first-order valence-corrected chi connectivity index (χ1v) is 6.40. The second-order valence-corrected chi connectivity index (χ2v) is 4.79. The predicted octanol–water partition coefficient (Wildman–Crippen LogP) is 3.62. The van der Waals surface area contributed by atoms with Crippen molar-refractivity contribution in [1.29, 1.82) is 0 Å². The summed E-state index contributed by atoms with van der Waals surface area (Å²) in [6.07, 6.45) is 0.684. The quantitative estimate of drug-likeness (QED) is 0.860. The molecular formula is C13H17F3N2O. The van der Waals surface area contributed by atoms with Gasteiger partial charge in [0.2, 0.25) is 5.88 Å². The number of halogens is 3. The molecule has 1 aliphatic rings. The molecule has 19 heavy (non-hydrogen) atoms. The topological polar surface area (TPSA) is 34.1 Å². The van der Waals surface area contributed by atoms with Gasteiger partial charge in [0.15, 0.2) is 6.61 Å². The van der Waals surface area contributed by atoms with Crippen LogP contribution in [0.1, 0.15) is 26.2 Å². The Bertz CT molecular complexity index is 401. The lowest BCUT2D eigenvalue weighted by Crippen LogP contribution is -2.21. The minimum atomic E-state index is -4.34. The Morgan fingerprint density at radius 3 is 2.63 bits per heavy atom. The third kappa shape index (κ3) is 4.61. The molecular weight excluding hydrogens is 257 g/mol. The number of nitrogens with zero attached hydrogens (tertiary/aromatic N) is 1. The van der Waals surface area contributed by atoms with E-state index in [1.165, 1.54) is 25.1 Å². The van der Waals surface area contributed by atoms with E-state index in [2.05, 4.69) is 22.0 Å². The van der Waals surface area contributed by atoms with Crippen LogP contribution in [-0.2, 0) is 0 Å². The van der Waals surface area contributed by atoms with Gasteiger partial charge in [0.1, 0.15) is 0 Å². The molecule has 0 radical (unpaired) electrons. The first kappa shape index (κ1) is 14.0. The van der Waals surface area contributed by atoms with Crippen molar-refractivity contribution >= 4 is 5.69 Å². The van der Waals surface area contributed by atoms with E-state index in [1.807, 2.05) is 0 Å². The highest BCUT2D eigenvalue weighted by Crippen LogP contribution is 2.35. The second kappa shape index (κ2) is 5.67. The molecule has 1 atom stereocenters. The summed E-state index contributed by atoms with van der Waals surface area (Å²) >= 11 is 0. The lowest BCUT2D eigenvalue weighted by atomic mass is 10.1. The zero-order valence-corrected chi connectivity index (χ0v) is 10.7. The summed E-state index contributed by atoms with van der Waals surface area (Å²) < 4.78 is 40.5. The Hall–Kier alpha value is -1.46. The van der Waals surface area contributed by atoms with E-state index in [9.17, 15) is 13.2 Å². The lowest BCUT2D eigenvalue weighted by molar-refractivity contribution is -0.154. The monoisotopic (exact) mass is 274 g/mol. The number of nitrogens with one attached hydrogen (secondary N) is 1. The van der Waals surface area contributed by atoms with Crippen LogP contribution in [0, 0.1) is 5.92 Å². The van der Waals surface area contributed by atoms with Crippen LogP contribution in [0.15, 0.2) is 18.3 Å². The molecule has 1 aliphatic carbocycles. The van der Waals surface area contributed by atoms with Gasteiger partial charge in [0.25, 0.3) is 0 Å². The fourth-order valence-electron chi connectivity index (χ4n) is 1.97. The molecule has 0 aromatic carbocycles. The molecule has 1 unspecified atom stereocenters. The first-order chi connectivity index (χ1) is 8.98. The first-order valence-electron chi connectivity index (χ1n) is 6.40. The molecule has 1 heterocycles. The van der Waals surface area contributed by atoms with Gasteiger partial charge in [-0.1, -0.05) is 6.92 Å². The zero-order chi connectivity index (χ0) is 13.9. The average Bonchev–Trinajstić information content (AvgIpc) is 3.18. The molecule has 0 amide bonds. The van der Waals surface area contributed by atoms with E-state index in [0.29, 0.717) is 12.0 Å². The summed E-state index contributed by atoms with van der Waals surface area (Å²) in [5.41, 5.74) is 0.818. The molecule has 6 heteroatoms. The number of ether oxygens (including phenoxy) is 1. The molecule has 0 saturated heterocycles. The Balaban J connectivity index is 1.87. The minimum absolute atomic E-state index is 0.0117. The zero-order valence-electron chi connectivity index (χ0n) is 10.7. The largest absolute Gasteiger partial charge is 0.468 e. The third-order valence-corrected chi connectivity index (χ3v) is 3.10. The van der Waals surface area contributed by atoms with Gasteiger partial charge in [-0.15, -0.1) is 0 Å². The molecule has 1 aromatic heterocycles. The smallest absolute Gasteiger partial charge is 0.422 e. The molecule has 1 aromatic rings. The summed E-state index contributed by atoms with van der Waals surface area (Å²) in [6, 6.07) is 3.57. The summed E-state index contributed by atoms with van der Waals surface area (Å²) in [7, 11) is 0. The second-order valence-electron chi connectivity index (χ2n) is 4.79. The van der Waals surface area contributed by atoms with Gasteiger partial charge in [0.05, 0.1) is 11.9 Å². The van der Waals surface area contributed by atoms with E-state index in [1.54, 1.807) is 6.07 Å². The summed E-state index contributed by atoms with van der Waals surface area (Å²) in [4.78, 5) is 3.86. The average molecular weight is 274 g/mol. The number of rotatable bonds is 6. The molecule has 106 valence electrons. The van der Waals surface area contributed by atoms with Crippen molar-refractivity contribution in [3.05, 3.63) is 18.3 Å². The van der Waals surface area contributed by atoms with E-state index in [0.717, 1.165) is 12.1 Å². The molecule has 1 N–H and O–H groups in total. The van der Waals surface area contributed by atoms with E-state index in [-0.39, 0.29) is 5.88 Å². The normalized spacial score (nSPS) is 17.1. The number of hydrogen-bond donors (Lipinski definition) is 1. The van der Waals surface area contributed by atoms with Crippen molar-refractivity contribution in [3.63, 3.8) is 0 Å². The van der Waals surface area contributed by atoms with Crippen LogP contribution >= 0.6 is 0 Å². The maximum atomic E-state index is 12.0. The Morgan fingerprint density at radius 2 is 2.16 bits per heavy atom. The van der Waals surface area contributed by atoms with Gasteiger partial charge in [-0.2, -0.15) is 13.2 Å². The van der Waals surface area contributed by atoms with Crippen molar-refractivity contribution < 1.29 is 17.9 Å². The fourth-order valence-corrected chi connectivity index (χ4v) is 1.97. The van der Waals surface area contributed by atoms with E-state index in [4.69, 9.17) is 0 Å². The minimum Gasteiger partial charge on any atom is -0.468 e. The van der Waals surface area contributed by atoms with Crippen LogP contribution in [0.4, 0.5) is 18.9 Å². The third-order valence-electron chi connectivity index (χ3n) is 3.10. The van der Waals surface area contributed by atoms with Crippen LogP contribution in [0.2, 0.25) is 0 Å². The summed E-state index contributed by atoms with van der Waals surface area (Å²) in [5.74, 6) is 0.702. The van der Waals surface area contributed by atoms with Gasteiger partial charge < -0.3 is 10.1 Å². The lowest BCUT2D eigenvalue weighted by Gasteiger charge is -2.17. The molecule has 2 rings (SSSR count). The van der Waals surface area contributed by atoms with Crippen molar-refractivity contribution in [1.82, 2.24) is 4.98 Å². The maximum absolute atomic E-state index is 12.0. The highest BCUT2D eigenvalue weighted by molar-refractivity contribution is 5.43. The Kier molecular flexibility index (Phi) is 4.17. The summed E-state index contributed by atoms with van der Waals surface area (Å²) in [5, 5.41) is 3.35. The standard InChI is InChI=1S/C13H17F3N2O/c1-2-11(9-3-4-9)18-10-5-6-12(17-7-10)19-8-13(14,15)16/h5-7,9,11,18H,2-4,8H2,1H3. The van der Waals surface area contributed by atoms with Crippen molar-refractivity contribution in [2.75, 3.05) is 11.9 Å². The maximum Gasteiger partial charge on any atom is 0.422 e. The van der Waals surface area contributed by atoms with E-state index < -0.39 is 12.8 Å². The summed E-state index contributed by atoms with van der Waals surface area (Å²) in [6.45, 7) is 0.802. The van der Waals surface area contributed by atoms with Crippen LogP contribution in [0.3, 0.4) is 0 Å². The van der Waals surface area contributed by atoms with Crippen LogP contribution < -0.4 is 10.1 Å². The SMILES string of the molecule is CCC(Nc1ccc(OCC(F)(F)F)nc1)C1CC1. The van der Waals surface area contributed by atoms with Crippen molar-refractivity contribution in [2.45, 2.75) is 38.4 Å². The molecule has 0 spiro atoms. The number of aromatic nitrogens is 1. The highest BCUT2D eigenvalue weighted by Gasteiger charge is 2.30. The molecule has 3 nitrogen and oxygen atoms in total. The number of anilines is 1. The Labute approximate surface area is 110 Å². The number of pyridine rings is 1. The molecule has 1 saturated carbocycles. The van der Waals surface area contributed by atoms with Crippen molar-refractivity contribution in [3.8, 4) is 5.88 Å². The predicted molar refractivity (Wildman–Crippen MR) is 66.2 cm³/mol. The van der Waals surface area contributed by atoms with Crippen LogP contribution in [-0.4, -0.2) is 23.8 Å². The van der Waals surface area contributed by atoms with Gasteiger partial charge >= 0.3 is 6.18 Å². The molecule has 0 aliphatic heterocycles. The Morgan fingerprint density at radius 1 is 1.42 bits per heavy atom. The van der Waals surface area contributed by atoms with Gasteiger partial charge in [0, 0.05) is 12.1 Å². The van der Waals surface area contributed by atoms with Crippen LogP contribution in [0.25, 0.3) is 0 Å². The molecule has 1 fully saturated rings. The molecule has 0 bridgehead atoms. The van der Waals surface area contributed by atoms with Gasteiger partial charge in [-0.3, -0.25) is 0 Å². The van der Waals surface area contributed by atoms with Gasteiger partial charge in [-0.25, -0.2) is 4.98 Å². The van der Waals surface area contributed by atoms with Crippen molar-refractivity contribution in [2.24, 2.45) is 5.92 Å². The highest BCUT2D eigenvalue weighted by atomic mass is 19.4. The van der Waals surface area contributed by atoms with E-state index >= 15 is 0 Å².